The van der Waals surface area contributed by atoms with Gasteiger partial charge in [-0.05, 0) is 30.3 Å². The minimum atomic E-state index is -0.345. The number of hydrogen-bond acceptors (Lipinski definition) is 5. The Morgan fingerprint density at radius 2 is 1.14 bits per heavy atom. The molecule has 3 heterocycles. The first kappa shape index (κ1) is 20.2. The lowest BCUT2D eigenvalue weighted by Gasteiger charge is -2.15. The van der Waals surface area contributed by atoms with Gasteiger partial charge in [-0.25, -0.2) is 23.9 Å². The minimum absolute atomic E-state index is 0.156. The summed E-state index contributed by atoms with van der Waals surface area (Å²) >= 11 is 0. The van der Waals surface area contributed by atoms with Crippen LogP contribution in [0.5, 0.6) is 0 Å². The van der Waals surface area contributed by atoms with Gasteiger partial charge >= 0.3 is 0 Å². The molecule has 170 valence electrons. The minimum Gasteiger partial charge on any atom is -0.268 e. The number of rotatable bonds is 2. The average Bonchev–Trinajstić information content (AvgIpc) is 2.93. The summed E-state index contributed by atoms with van der Waals surface area (Å²) in [5.41, 5.74) is 2.65. The van der Waals surface area contributed by atoms with Crippen molar-refractivity contribution in [3.8, 4) is 17.2 Å². The molecule has 0 fully saturated rings. The number of nitrogens with zero attached hydrogens (tertiary/aromatic N) is 5. The average molecular weight is 467 g/mol. The number of hydrogen-bond donors (Lipinski definition) is 0. The molecular formula is C29H17N5O2. The first-order valence-corrected chi connectivity index (χ1v) is 11.5. The van der Waals surface area contributed by atoms with Crippen LogP contribution in [0.1, 0.15) is 0 Å². The zero-order valence-corrected chi connectivity index (χ0v) is 18.9. The fourth-order valence-corrected chi connectivity index (χ4v) is 4.71. The molecule has 0 spiro atoms. The van der Waals surface area contributed by atoms with E-state index in [0.29, 0.717) is 33.0 Å². The second-order valence-electron chi connectivity index (χ2n) is 8.48. The summed E-state index contributed by atoms with van der Waals surface area (Å²) in [6, 6.07) is 31.6. The second kappa shape index (κ2) is 7.68. The zero-order valence-electron chi connectivity index (χ0n) is 18.9. The van der Waals surface area contributed by atoms with Crippen molar-refractivity contribution in [2.45, 2.75) is 0 Å². The molecule has 4 aromatic carbocycles. The maximum absolute atomic E-state index is 13.9. The van der Waals surface area contributed by atoms with E-state index in [9.17, 15) is 9.59 Å². The fourth-order valence-electron chi connectivity index (χ4n) is 4.71. The quantitative estimate of drug-likeness (QED) is 0.270. The Kier molecular flexibility index (Phi) is 4.31. The van der Waals surface area contributed by atoms with Gasteiger partial charge in [0, 0.05) is 10.9 Å². The van der Waals surface area contributed by atoms with Crippen molar-refractivity contribution >= 4 is 38.5 Å². The first-order chi connectivity index (χ1) is 17.7. The highest BCUT2D eigenvalue weighted by Crippen LogP contribution is 2.27. The van der Waals surface area contributed by atoms with Gasteiger partial charge in [0.1, 0.15) is 0 Å². The summed E-state index contributed by atoms with van der Waals surface area (Å²) in [5.74, 6) is 0.319. The summed E-state index contributed by atoms with van der Waals surface area (Å²) in [6.45, 7) is 0. The Labute approximate surface area is 203 Å². The third kappa shape index (κ3) is 2.89. The van der Waals surface area contributed by atoms with E-state index in [4.69, 9.17) is 15.0 Å². The summed E-state index contributed by atoms with van der Waals surface area (Å²) in [7, 11) is 0. The van der Waals surface area contributed by atoms with Crippen molar-refractivity contribution in [2.75, 3.05) is 0 Å². The van der Waals surface area contributed by atoms with Gasteiger partial charge in [-0.15, -0.1) is 0 Å². The van der Waals surface area contributed by atoms with Gasteiger partial charge in [0.25, 0.3) is 11.1 Å². The summed E-state index contributed by atoms with van der Waals surface area (Å²) in [4.78, 5) is 41.9. The Morgan fingerprint density at radius 1 is 0.528 bits per heavy atom. The standard InChI is InChI=1S/C29H17N5O2/c35-26-20-13-5-8-16-23(20)31-29-33(26)24-17-9-6-14-21(24)27(36)34(29)28-30-22-15-7-4-12-19(22)25(32-28)18-10-2-1-3-11-18/h1-17H. The number of benzene rings is 4. The van der Waals surface area contributed by atoms with Crippen LogP contribution in [0.15, 0.2) is 113 Å². The summed E-state index contributed by atoms with van der Waals surface area (Å²) < 4.78 is 2.81. The van der Waals surface area contributed by atoms with E-state index in [0.717, 1.165) is 10.9 Å². The van der Waals surface area contributed by atoms with E-state index in [1.165, 1.54) is 8.97 Å². The van der Waals surface area contributed by atoms with E-state index in [1.54, 1.807) is 42.5 Å². The van der Waals surface area contributed by atoms with Crippen LogP contribution in [0.2, 0.25) is 0 Å². The van der Waals surface area contributed by atoms with Gasteiger partial charge in [-0.3, -0.25) is 9.59 Å². The molecule has 0 aliphatic rings. The van der Waals surface area contributed by atoms with Gasteiger partial charge in [0.05, 0.1) is 33.0 Å². The molecule has 0 N–H and O–H groups in total. The van der Waals surface area contributed by atoms with Crippen LogP contribution in [0.4, 0.5) is 0 Å². The highest BCUT2D eigenvalue weighted by molar-refractivity contribution is 5.93. The van der Waals surface area contributed by atoms with Gasteiger partial charge in [-0.1, -0.05) is 72.8 Å². The van der Waals surface area contributed by atoms with Gasteiger partial charge in [-0.2, -0.15) is 0 Å². The number of aromatic nitrogens is 5. The molecule has 0 amide bonds. The van der Waals surface area contributed by atoms with Crippen LogP contribution in [0.25, 0.3) is 55.7 Å². The smallest absolute Gasteiger partial charge is 0.268 e. The molecule has 0 saturated heterocycles. The van der Waals surface area contributed by atoms with E-state index in [-0.39, 0.29) is 22.8 Å². The first-order valence-electron chi connectivity index (χ1n) is 11.5. The molecule has 0 aliphatic heterocycles. The van der Waals surface area contributed by atoms with Crippen LogP contribution in [0, 0.1) is 0 Å². The van der Waals surface area contributed by atoms with Gasteiger partial charge < -0.3 is 0 Å². The third-order valence-corrected chi connectivity index (χ3v) is 6.38. The normalized spacial score (nSPS) is 11.6. The molecule has 0 radical (unpaired) electrons. The van der Waals surface area contributed by atoms with Crippen LogP contribution in [-0.4, -0.2) is 23.9 Å². The molecule has 0 bridgehead atoms. The Balaban J connectivity index is 1.70. The van der Waals surface area contributed by atoms with Crippen molar-refractivity contribution < 1.29 is 0 Å². The molecule has 36 heavy (non-hydrogen) atoms. The molecule has 0 unspecified atom stereocenters. The lowest BCUT2D eigenvalue weighted by molar-refractivity contribution is 0.882. The van der Waals surface area contributed by atoms with Crippen LogP contribution in [-0.2, 0) is 0 Å². The predicted octanol–water partition coefficient (Wildman–Crippen LogP) is 4.76. The largest absolute Gasteiger partial charge is 0.269 e. The number of para-hydroxylation sites is 3. The van der Waals surface area contributed by atoms with Crippen molar-refractivity contribution in [1.82, 2.24) is 23.9 Å². The van der Waals surface area contributed by atoms with Gasteiger partial charge in [0.15, 0.2) is 0 Å². The maximum atomic E-state index is 13.9. The zero-order chi connectivity index (χ0) is 24.2. The van der Waals surface area contributed by atoms with E-state index in [2.05, 4.69) is 0 Å². The Morgan fingerprint density at radius 3 is 1.92 bits per heavy atom. The molecule has 7 heteroatoms. The molecule has 3 aromatic heterocycles. The predicted molar refractivity (Wildman–Crippen MR) is 141 cm³/mol. The Bertz CT molecular complexity index is 2100. The van der Waals surface area contributed by atoms with Crippen LogP contribution >= 0.6 is 0 Å². The molecule has 0 aliphatic carbocycles. The Hall–Kier alpha value is -5.17. The SMILES string of the molecule is O=c1c2ccccc2n2c(=O)c3ccccc3nc2n1-c1nc(-c2ccccc2)c2ccccc2n1. The summed E-state index contributed by atoms with van der Waals surface area (Å²) in [6.07, 6.45) is 0. The topological polar surface area (TPSA) is 82.1 Å². The maximum Gasteiger partial charge on any atom is 0.269 e. The second-order valence-corrected chi connectivity index (χ2v) is 8.48. The lowest BCUT2D eigenvalue weighted by Crippen LogP contribution is -2.29. The van der Waals surface area contributed by atoms with Crippen molar-refractivity contribution in [2.24, 2.45) is 0 Å². The van der Waals surface area contributed by atoms with E-state index >= 15 is 0 Å². The molecule has 7 aromatic rings. The molecule has 7 nitrogen and oxygen atoms in total. The monoisotopic (exact) mass is 467 g/mol. The fraction of sp³-hybridized carbons (Fsp3) is 0. The van der Waals surface area contributed by atoms with Gasteiger partial charge in [0.2, 0.25) is 11.7 Å². The van der Waals surface area contributed by atoms with Crippen molar-refractivity contribution in [1.29, 1.82) is 0 Å². The highest BCUT2D eigenvalue weighted by atomic mass is 16.1. The lowest BCUT2D eigenvalue weighted by atomic mass is 10.1. The van der Waals surface area contributed by atoms with E-state index < -0.39 is 0 Å². The number of fused-ring (bicyclic) bond motifs is 5. The van der Waals surface area contributed by atoms with Crippen LogP contribution < -0.4 is 11.1 Å². The third-order valence-electron chi connectivity index (χ3n) is 6.38. The molecule has 7 rings (SSSR count). The highest BCUT2D eigenvalue weighted by Gasteiger charge is 2.20. The summed E-state index contributed by atoms with van der Waals surface area (Å²) in [5, 5.41) is 1.71. The molecule has 0 saturated carbocycles. The molecular weight excluding hydrogens is 450 g/mol. The van der Waals surface area contributed by atoms with Crippen molar-refractivity contribution in [3.05, 3.63) is 124 Å². The van der Waals surface area contributed by atoms with E-state index in [1.807, 2.05) is 60.7 Å². The van der Waals surface area contributed by atoms with Crippen LogP contribution in [0.3, 0.4) is 0 Å². The molecule has 0 atom stereocenters. The van der Waals surface area contributed by atoms with Crippen molar-refractivity contribution in [3.63, 3.8) is 0 Å².